The first-order chi connectivity index (χ1) is 8.08. The van der Waals surface area contributed by atoms with E-state index in [2.05, 4.69) is 10.2 Å². The lowest BCUT2D eigenvalue weighted by Crippen LogP contribution is -2.13. The molecule has 1 radical (unpaired) electrons. The molecule has 87 valence electrons. The van der Waals surface area contributed by atoms with Gasteiger partial charge in [-0.1, -0.05) is 17.7 Å². The van der Waals surface area contributed by atoms with Gasteiger partial charge in [-0.2, -0.15) is 5.10 Å². The molecule has 6 heteroatoms. The largest absolute Gasteiger partial charge is 0.364 e. The zero-order chi connectivity index (χ0) is 12.4. The molecule has 0 saturated carbocycles. The van der Waals surface area contributed by atoms with Crippen molar-refractivity contribution in [3.63, 3.8) is 0 Å². The molecular weight excluding hydrogens is 245 g/mol. The number of carbonyl (C=O) groups is 1. The highest BCUT2D eigenvalue weighted by molar-refractivity contribution is 6.30. The second kappa shape index (κ2) is 4.55. The van der Waals surface area contributed by atoms with Gasteiger partial charge in [0.25, 0.3) is 5.91 Å². The Balaban J connectivity index is 2.28. The van der Waals surface area contributed by atoms with Crippen LogP contribution < -0.4 is 5.73 Å². The molecule has 1 aromatic carbocycles. The van der Waals surface area contributed by atoms with Gasteiger partial charge in [0.2, 0.25) is 0 Å². The number of carbonyl (C=O) groups excluding carboxylic acids is 1. The van der Waals surface area contributed by atoms with Gasteiger partial charge in [-0.05, 0) is 17.7 Å². The monoisotopic (exact) mass is 252 g/mol. The first kappa shape index (κ1) is 11.6. The minimum Gasteiger partial charge on any atom is -0.364 e. The molecule has 1 heterocycles. The predicted molar refractivity (Wildman–Crippen MR) is 61.0 cm³/mol. The smallest absolute Gasteiger partial charge is 0.269 e. The molecule has 0 atom stereocenters. The topological polar surface area (TPSA) is 71.8 Å². The summed E-state index contributed by atoms with van der Waals surface area (Å²) < 4.78 is 13.2. The number of amides is 1. The number of nitrogens with zero attached hydrogens (tertiary/aromatic N) is 1. The van der Waals surface area contributed by atoms with Gasteiger partial charge in [-0.15, -0.1) is 0 Å². The van der Waals surface area contributed by atoms with Crippen molar-refractivity contribution < 1.29 is 9.18 Å². The van der Waals surface area contributed by atoms with Crippen molar-refractivity contribution in [2.75, 3.05) is 0 Å². The van der Waals surface area contributed by atoms with E-state index in [0.29, 0.717) is 11.1 Å². The van der Waals surface area contributed by atoms with Gasteiger partial charge in [0, 0.05) is 18.2 Å². The van der Waals surface area contributed by atoms with E-state index < -0.39 is 11.7 Å². The Morgan fingerprint density at radius 1 is 1.53 bits per heavy atom. The van der Waals surface area contributed by atoms with Gasteiger partial charge in [0.15, 0.2) is 5.69 Å². The molecule has 0 bridgehead atoms. The fourth-order valence-electron chi connectivity index (χ4n) is 1.39. The van der Waals surface area contributed by atoms with Crippen molar-refractivity contribution in [2.24, 2.45) is 5.73 Å². The van der Waals surface area contributed by atoms with Crippen LogP contribution in [0.25, 0.3) is 0 Å². The van der Waals surface area contributed by atoms with E-state index in [9.17, 15) is 9.18 Å². The molecular formula is C11H8ClFN3O. The third-order valence-corrected chi connectivity index (χ3v) is 2.48. The fourth-order valence-corrected chi connectivity index (χ4v) is 1.51. The molecule has 2 rings (SSSR count). The number of H-pyrrole nitrogens is 1. The summed E-state index contributed by atoms with van der Waals surface area (Å²) in [5.74, 6) is -1.17. The van der Waals surface area contributed by atoms with Crippen LogP contribution in [0.1, 0.15) is 21.6 Å². The number of hydrogen-bond donors (Lipinski definition) is 2. The molecule has 0 aliphatic heterocycles. The van der Waals surface area contributed by atoms with E-state index in [4.69, 9.17) is 17.3 Å². The van der Waals surface area contributed by atoms with Gasteiger partial charge >= 0.3 is 0 Å². The molecule has 4 nitrogen and oxygen atoms in total. The Morgan fingerprint density at radius 2 is 2.29 bits per heavy atom. The Kier molecular flexibility index (Phi) is 3.10. The van der Waals surface area contributed by atoms with E-state index in [1.54, 1.807) is 12.5 Å². The molecule has 0 spiro atoms. The van der Waals surface area contributed by atoms with Crippen LogP contribution in [0.15, 0.2) is 24.4 Å². The van der Waals surface area contributed by atoms with Crippen molar-refractivity contribution in [3.8, 4) is 0 Å². The summed E-state index contributed by atoms with van der Waals surface area (Å²) in [6.45, 7) is 0. The minimum atomic E-state index is -0.646. The lowest BCUT2D eigenvalue weighted by Gasteiger charge is -2.01. The Bertz CT molecular complexity index is 568. The number of aromatic nitrogens is 2. The SMILES string of the molecule is NC(=O)c1n[nH]cc1[CH]c1ccc(Cl)c(F)c1. The molecule has 0 unspecified atom stereocenters. The minimum absolute atomic E-state index is 0.0458. The molecule has 0 aliphatic carbocycles. The number of halogens is 2. The molecule has 2 aromatic rings. The summed E-state index contributed by atoms with van der Waals surface area (Å²) in [6, 6.07) is 4.33. The summed E-state index contributed by atoms with van der Waals surface area (Å²) in [6.07, 6.45) is 3.09. The highest BCUT2D eigenvalue weighted by Crippen LogP contribution is 2.19. The molecule has 1 aromatic heterocycles. The Hall–Kier alpha value is -1.88. The highest BCUT2D eigenvalue weighted by atomic mass is 35.5. The van der Waals surface area contributed by atoms with Crippen molar-refractivity contribution in [3.05, 3.63) is 58.5 Å². The zero-order valence-electron chi connectivity index (χ0n) is 8.58. The van der Waals surface area contributed by atoms with E-state index in [1.807, 2.05) is 0 Å². The predicted octanol–water partition coefficient (Wildman–Crippen LogP) is 1.90. The summed E-state index contributed by atoms with van der Waals surface area (Å²) in [4.78, 5) is 11.0. The maximum absolute atomic E-state index is 13.2. The lowest BCUT2D eigenvalue weighted by molar-refractivity contribution is 0.0995. The first-order valence-electron chi connectivity index (χ1n) is 4.71. The maximum Gasteiger partial charge on any atom is 0.269 e. The van der Waals surface area contributed by atoms with Gasteiger partial charge in [-0.3, -0.25) is 9.89 Å². The van der Waals surface area contributed by atoms with Crippen molar-refractivity contribution in [1.82, 2.24) is 10.2 Å². The van der Waals surface area contributed by atoms with Gasteiger partial charge in [-0.25, -0.2) is 4.39 Å². The van der Waals surface area contributed by atoms with Crippen molar-refractivity contribution in [2.45, 2.75) is 0 Å². The average Bonchev–Trinajstić information content (AvgIpc) is 2.72. The summed E-state index contributed by atoms with van der Waals surface area (Å²) in [5.41, 5.74) is 6.31. The van der Waals surface area contributed by atoms with E-state index in [0.717, 1.165) is 0 Å². The van der Waals surface area contributed by atoms with Crippen LogP contribution in [0, 0.1) is 12.2 Å². The zero-order valence-corrected chi connectivity index (χ0v) is 9.33. The Labute approximate surface area is 102 Å². The molecule has 0 aliphatic rings. The normalized spacial score (nSPS) is 10.5. The standard InChI is InChI=1S/C11H8ClFN3O/c12-8-2-1-6(4-9(8)13)3-7-5-15-16-10(7)11(14)17/h1-5H,(H2,14,17)(H,15,16). The number of nitrogens with one attached hydrogen (secondary N) is 1. The number of aromatic amines is 1. The molecule has 0 saturated heterocycles. The first-order valence-corrected chi connectivity index (χ1v) is 5.09. The summed E-state index contributed by atoms with van der Waals surface area (Å²) >= 11 is 5.56. The fraction of sp³-hybridized carbons (Fsp3) is 0. The average molecular weight is 253 g/mol. The van der Waals surface area contributed by atoms with Crippen LogP contribution in [0.5, 0.6) is 0 Å². The second-order valence-corrected chi connectivity index (χ2v) is 3.78. The van der Waals surface area contributed by atoms with Crippen LogP contribution in [0.3, 0.4) is 0 Å². The highest BCUT2D eigenvalue weighted by Gasteiger charge is 2.12. The summed E-state index contributed by atoms with van der Waals surface area (Å²) in [7, 11) is 0. The van der Waals surface area contributed by atoms with E-state index in [1.165, 1.54) is 18.3 Å². The molecule has 17 heavy (non-hydrogen) atoms. The number of nitrogens with two attached hydrogens (primary N) is 1. The maximum atomic E-state index is 13.2. The number of rotatable bonds is 3. The third-order valence-electron chi connectivity index (χ3n) is 2.17. The van der Waals surface area contributed by atoms with E-state index >= 15 is 0 Å². The van der Waals surface area contributed by atoms with Crippen molar-refractivity contribution >= 4 is 17.5 Å². The van der Waals surface area contributed by atoms with Gasteiger partial charge in [0.05, 0.1) is 5.02 Å². The molecule has 3 N–H and O–H groups in total. The Morgan fingerprint density at radius 3 is 2.94 bits per heavy atom. The van der Waals surface area contributed by atoms with Crippen LogP contribution in [0.4, 0.5) is 4.39 Å². The van der Waals surface area contributed by atoms with Crippen molar-refractivity contribution in [1.29, 1.82) is 0 Å². The van der Waals surface area contributed by atoms with Crippen LogP contribution in [-0.2, 0) is 0 Å². The second-order valence-electron chi connectivity index (χ2n) is 3.37. The summed E-state index contributed by atoms with van der Waals surface area (Å²) in [5, 5.41) is 6.27. The van der Waals surface area contributed by atoms with Crippen LogP contribution >= 0.6 is 11.6 Å². The molecule has 1 amide bonds. The quantitative estimate of drug-likeness (QED) is 0.876. The lowest BCUT2D eigenvalue weighted by atomic mass is 10.1. The van der Waals surface area contributed by atoms with Crippen LogP contribution in [0.2, 0.25) is 5.02 Å². The number of benzene rings is 1. The van der Waals surface area contributed by atoms with E-state index in [-0.39, 0.29) is 10.7 Å². The van der Waals surface area contributed by atoms with Gasteiger partial charge < -0.3 is 5.73 Å². The van der Waals surface area contributed by atoms with Crippen LogP contribution in [-0.4, -0.2) is 16.1 Å². The third kappa shape index (κ3) is 2.45. The van der Waals surface area contributed by atoms with Gasteiger partial charge in [0.1, 0.15) is 5.82 Å². The number of hydrogen-bond acceptors (Lipinski definition) is 2. The molecule has 0 fully saturated rings. The number of primary amides is 1.